The molecule has 1 aliphatic rings. The zero-order chi connectivity index (χ0) is 21.2. The quantitative estimate of drug-likeness (QED) is 0.515. The highest BCUT2D eigenvalue weighted by molar-refractivity contribution is 5.97. The third kappa shape index (κ3) is 3.84. The lowest BCUT2D eigenvalue weighted by Gasteiger charge is -2.14. The van der Waals surface area contributed by atoms with Crippen molar-refractivity contribution < 1.29 is 4.79 Å². The van der Waals surface area contributed by atoms with Crippen molar-refractivity contribution in [2.24, 2.45) is 5.92 Å². The number of rotatable bonds is 5. The van der Waals surface area contributed by atoms with Crippen LogP contribution in [0.25, 0.3) is 33.5 Å². The summed E-state index contributed by atoms with van der Waals surface area (Å²) in [6.45, 7) is 2.96. The molecule has 5 heteroatoms. The summed E-state index contributed by atoms with van der Waals surface area (Å²) in [5.74, 6) is 1.44. The molecule has 0 spiro atoms. The van der Waals surface area contributed by atoms with E-state index < -0.39 is 0 Å². The first-order valence-electron chi connectivity index (χ1n) is 10.8. The lowest BCUT2D eigenvalue weighted by Crippen LogP contribution is -2.18. The summed E-state index contributed by atoms with van der Waals surface area (Å²) in [5.41, 5.74) is 6.06. The highest BCUT2D eigenvalue weighted by Crippen LogP contribution is 2.29. The van der Waals surface area contributed by atoms with E-state index in [9.17, 15) is 4.79 Å². The first-order chi connectivity index (χ1) is 15.2. The second-order valence-corrected chi connectivity index (χ2v) is 8.13. The molecule has 2 N–H and O–H groups in total. The molecule has 0 radical (unpaired) electrons. The molecule has 156 valence electrons. The molecule has 0 saturated carbocycles. The van der Waals surface area contributed by atoms with Gasteiger partial charge in [0.25, 0.3) is 5.91 Å². The van der Waals surface area contributed by atoms with Gasteiger partial charge in [0.2, 0.25) is 0 Å². The minimum absolute atomic E-state index is 0.0778. The molecule has 2 heterocycles. The zero-order valence-corrected chi connectivity index (χ0v) is 17.6. The van der Waals surface area contributed by atoms with E-state index in [0.717, 1.165) is 48.5 Å². The SMILES string of the molecule is CNC(=O)c1ccc2nc(-c3ccc(-c4ccccc4)cc3)n(C[C@H]3CCNC3)c2c1. The molecule has 1 aliphatic heterocycles. The van der Waals surface area contributed by atoms with Gasteiger partial charge in [-0.1, -0.05) is 54.6 Å². The van der Waals surface area contributed by atoms with E-state index >= 15 is 0 Å². The Kier molecular flexibility index (Phi) is 5.26. The first-order valence-corrected chi connectivity index (χ1v) is 10.8. The van der Waals surface area contributed by atoms with Crippen LogP contribution in [0.5, 0.6) is 0 Å². The molecule has 0 unspecified atom stereocenters. The van der Waals surface area contributed by atoms with E-state index in [0.29, 0.717) is 11.5 Å². The molecule has 1 amide bonds. The van der Waals surface area contributed by atoms with Crippen molar-refractivity contribution >= 4 is 16.9 Å². The van der Waals surface area contributed by atoms with Gasteiger partial charge in [0, 0.05) is 24.7 Å². The fourth-order valence-corrected chi connectivity index (χ4v) is 4.38. The lowest BCUT2D eigenvalue weighted by molar-refractivity contribution is 0.0963. The van der Waals surface area contributed by atoms with E-state index in [-0.39, 0.29) is 5.91 Å². The zero-order valence-electron chi connectivity index (χ0n) is 17.6. The van der Waals surface area contributed by atoms with E-state index in [1.807, 2.05) is 24.3 Å². The molecule has 0 aliphatic carbocycles. The topological polar surface area (TPSA) is 59.0 Å². The van der Waals surface area contributed by atoms with Crippen LogP contribution in [0.4, 0.5) is 0 Å². The van der Waals surface area contributed by atoms with Crippen LogP contribution in [-0.2, 0) is 6.54 Å². The van der Waals surface area contributed by atoms with Crippen LogP contribution in [0.2, 0.25) is 0 Å². The van der Waals surface area contributed by atoms with Crippen LogP contribution in [0.15, 0.2) is 72.8 Å². The predicted octanol–water partition coefficient (Wildman–Crippen LogP) is 4.34. The average Bonchev–Trinajstić information content (AvgIpc) is 3.47. The van der Waals surface area contributed by atoms with Crippen LogP contribution in [0, 0.1) is 5.92 Å². The molecule has 0 bridgehead atoms. The van der Waals surface area contributed by atoms with Crippen molar-refractivity contribution in [2.75, 3.05) is 20.1 Å². The van der Waals surface area contributed by atoms with Gasteiger partial charge in [-0.15, -0.1) is 0 Å². The van der Waals surface area contributed by atoms with Gasteiger partial charge in [-0.05, 0) is 54.8 Å². The standard InChI is InChI=1S/C26H26N4O/c1-27-26(31)22-11-12-23-24(15-22)30(17-18-13-14-28-16-18)25(29-23)21-9-7-20(8-10-21)19-5-3-2-4-6-19/h2-12,15,18,28H,13-14,16-17H2,1H3,(H,27,31)/t18-/m0/s1. The summed E-state index contributed by atoms with van der Waals surface area (Å²) >= 11 is 0. The van der Waals surface area contributed by atoms with Gasteiger partial charge in [-0.25, -0.2) is 4.98 Å². The minimum Gasteiger partial charge on any atom is -0.355 e. The van der Waals surface area contributed by atoms with Gasteiger partial charge in [-0.2, -0.15) is 0 Å². The number of benzene rings is 3. The number of fused-ring (bicyclic) bond motifs is 1. The Balaban J connectivity index is 1.58. The van der Waals surface area contributed by atoms with Gasteiger partial charge in [0.15, 0.2) is 0 Å². The number of nitrogens with zero attached hydrogens (tertiary/aromatic N) is 2. The average molecular weight is 411 g/mol. The summed E-state index contributed by atoms with van der Waals surface area (Å²) < 4.78 is 2.29. The van der Waals surface area contributed by atoms with Crippen molar-refractivity contribution in [3.8, 4) is 22.5 Å². The summed E-state index contributed by atoms with van der Waals surface area (Å²) in [6, 6.07) is 24.8. The predicted molar refractivity (Wildman–Crippen MR) is 125 cm³/mol. The maximum atomic E-state index is 12.2. The summed E-state index contributed by atoms with van der Waals surface area (Å²) in [4.78, 5) is 17.2. The van der Waals surface area contributed by atoms with Crippen LogP contribution in [0.3, 0.4) is 0 Å². The van der Waals surface area contributed by atoms with Crippen molar-refractivity contribution in [1.29, 1.82) is 0 Å². The molecule has 1 aromatic heterocycles. The van der Waals surface area contributed by atoms with Gasteiger partial charge in [-0.3, -0.25) is 4.79 Å². The minimum atomic E-state index is -0.0778. The van der Waals surface area contributed by atoms with Gasteiger partial charge >= 0.3 is 0 Å². The maximum Gasteiger partial charge on any atom is 0.251 e. The number of hydrogen-bond donors (Lipinski definition) is 2. The van der Waals surface area contributed by atoms with Crippen LogP contribution >= 0.6 is 0 Å². The Morgan fingerprint density at radius 3 is 2.48 bits per heavy atom. The van der Waals surface area contributed by atoms with Gasteiger partial charge in [0.1, 0.15) is 5.82 Å². The molecule has 1 saturated heterocycles. The third-order valence-corrected chi connectivity index (χ3v) is 6.09. The molecule has 5 rings (SSSR count). The number of amides is 1. The van der Waals surface area contributed by atoms with Crippen LogP contribution < -0.4 is 10.6 Å². The van der Waals surface area contributed by atoms with Crippen LogP contribution in [-0.4, -0.2) is 35.6 Å². The Hall–Kier alpha value is -3.44. The first kappa shape index (κ1) is 19.5. The van der Waals surface area contributed by atoms with Crippen molar-refractivity contribution in [2.45, 2.75) is 13.0 Å². The van der Waals surface area contributed by atoms with Crippen LogP contribution in [0.1, 0.15) is 16.8 Å². The Morgan fingerprint density at radius 1 is 1.03 bits per heavy atom. The molecular weight excluding hydrogens is 384 g/mol. The van der Waals surface area contributed by atoms with E-state index in [4.69, 9.17) is 4.98 Å². The Bertz CT molecular complexity index is 1210. The summed E-state index contributed by atoms with van der Waals surface area (Å²) in [7, 11) is 1.66. The molecule has 1 atom stereocenters. The second kappa shape index (κ2) is 8.36. The highest BCUT2D eigenvalue weighted by Gasteiger charge is 2.20. The third-order valence-electron chi connectivity index (χ3n) is 6.09. The Labute approximate surface area is 182 Å². The summed E-state index contributed by atoms with van der Waals surface area (Å²) in [6.07, 6.45) is 1.15. The molecule has 4 aromatic rings. The van der Waals surface area contributed by atoms with E-state index in [1.54, 1.807) is 7.05 Å². The number of imidazole rings is 1. The van der Waals surface area contributed by atoms with E-state index in [2.05, 4.69) is 63.7 Å². The van der Waals surface area contributed by atoms with Crippen molar-refractivity contribution in [1.82, 2.24) is 20.2 Å². The molecule has 3 aromatic carbocycles. The molecular formula is C26H26N4O. The lowest BCUT2D eigenvalue weighted by atomic mass is 10.0. The number of nitrogens with one attached hydrogen (secondary N) is 2. The van der Waals surface area contributed by atoms with Crippen molar-refractivity contribution in [3.63, 3.8) is 0 Å². The normalized spacial score (nSPS) is 16.0. The smallest absolute Gasteiger partial charge is 0.251 e. The fourth-order valence-electron chi connectivity index (χ4n) is 4.38. The maximum absolute atomic E-state index is 12.2. The molecule has 5 nitrogen and oxygen atoms in total. The summed E-state index contributed by atoms with van der Waals surface area (Å²) in [5, 5.41) is 6.18. The largest absolute Gasteiger partial charge is 0.355 e. The molecule has 31 heavy (non-hydrogen) atoms. The fraction of sp³-hybridized carbons (Fsp3) is 0.231. The second-order valence-electron chi connectivity index (χ2n) is 8.13. The number of hydrogen-bond acceptors (Lipinski definition) is 3. The number of carbonyl (C=O) groups is 1. The highest BCUT2D eigenvalue weighted by atomic mass is 16.1. The van der Waals surface area contributed by atoms with Gasteiger partial charge < -0.3 is 15.2 Å². The number of aromatic nitrogens is 2. The number of carbonyl (C=O) groups excluding carboxylic acids is 1. The van der Waals surface area contributed by atoms with Crippen molar-refractivity contribution in [3.05, 3.63) is 78.4 Å². The van der Waals surface area contributed by atoms with Gasteiger partial charge in [0.05, 0.1) is 11.0 Å². The monoisotopic (exact) mass is 410 g/mol. The molecule has 1 fully saturated rings. The van der Waals surface area contributed by atoms with E-state index in [1.165, 1.54) is 11.1 Å². The Morgan fingerprint density at radius 2 is 1.77 bits per heavy atom.